The summed E-state index contributed by atoms with van der Waals surface area (Å²) in [5.41, 5.74) is 1.37. The Balaban J connectivity index is 1.60. The van der Waals surface area contributed by atoms with Crippen molar-refractivity contribution in [3.63, 3.8) is 0 Å². The first-order valence-electron chi connectivity index (χ1n) is 9.45. The van der Waals surface area contributed by atoms with E-state index in [1.165, 1.54) is 17.1 Å². The van der Waals surface area contributed by atoms with Crippen LogP contribution in [0.1, 0.15) is 40.5 Å². The van der Waals surface area contributed by atoms with Crippen molar-refractivity contribution >= 4 is 17.1 Å². The number of fused-ring (bicyclic) bond motifs is 1. The lowest BCUT2D eigenvalue weighted by atomic mass is 10.2. The van der Waals surface area contributed by atoms with Crippen molar-refractivity contribution in [2.45, 2.75) is 25.3 Å². The summed E-state index contributed by atoms with van der Waals surface area (Å²) in [6.45, 7) is 0.487. The molecule has 1 aliphatic carbocycles. The molecular weight excluding hydrogens is 388 g/mol. The zero-order valence-electron chi connectivity index (χ0n) is 16.1. The predicted octanol–water partition coefficient (Wildman–Crippen LogP) is 1.94. The molecule has 0 bridgehead atoms. The fourth-order valence-corrected chi connectivity index (χ4v) is 3.43. The van der Waals surface area contributed by atoms with Gasteiger partial charge in [-0.25, -0.2) is 14.5 Å². The van der Waals surface area contributed by atoms with Gasteiger partial charge >= 0.3 is 5.97 Å². The topological polar surface area (TPSA) is 128 Å². The van der Waals surface area contributed by atoms with Crippen LogP contribution in [0.25, 0.3) is 17.1 Å². The number of carboxylic acid groups (broad SMARTS) is 1. The second kappa shape index (κ2) is 6.83. The molecular formula is C20H18N6O4. The van der Waals surface area contributed by atoms with E-state index in [9.17, 15) is 9.59 Å². The van der Waals surface area contributed by atoms with Gasteiger partial charge in [-0.05, 0) is 30.5 Å². The normalized spacial score (nSPS) is 13.6. The summed E-state index contributed by atoms with van der Waals surface area (Å²) in [6, 6.07) is 7.66. The Hall–Kier alpha value is -3.95. The van der Waals surface area contributed by atoms with E-state index in [0.717, 1.165) is 30.0 Å². The largest absolute Gasteiger partial charge is 0.497 e. The zero-order valence-corrected chi connectivity index (χ0v) is 16.1. The van der Waals surface area contributed by atoms with Crippen LogP contribution in [0.3, 0.4) is 0 Å². The van der Waals surface area contributed by atoms with Crippen LogP contribution < -0.4 is 10.3 Å². The molecule has 3 heterocycles. The number of hydrogen-bond donors (Lipinski definition) is 2. The standard InChI is InChI=1S/C20H18N6O4/c1-30-14-6-2-11(3-7-14)9-25-15-16(22-17(25)12-4-5-12)23-20(24-18(15)27)26-10-13(8-21-26)19(28)29/h2-3,6-8,10,12H,4-5,9H2,1H3,(H,28,29)(H,23,24,27). The molecule has 0 saturated heterocycles. The van der Waals surface area contributed by atoms with Gasteiger partial charge in [0.05, 0.1) is 18.9 Å². The maximum atomic E-state index is 12.9. The third kappa shape index (κ3) is 3.11. The number of carboxylic acids is 1. The predicted molar refractivity (Wildman–Crippen MR) is 106 cm³/mol. The summed E-state index contributed by atoms with van der Waals surface area (Å²) in [7, 11) is 1.62. The average Bonchev–Trinajstić information content (AvgIpc) is 3.33. The molecule has 2 N–H and O–H groups in total. The minimum absolute atomic E-state index is 0.00134. The zero-order chi connectivity index (χ0) is 20.8. The van der Waals surface area contributed by atoms with E-state index in [4.69, 9.17) is 9.84 Å². The van der Waals surface area contributed by atoms with E-state index in [2.05, 4.69) is 20.1 Å². The van der Waals surface area contributed by atoms with Gasteiger partial charge in [0, 0.05) is 18.7 Å². The van der Waals surface area contributed by atoms with Gasteiger partial charge in [0.2, 0.25) is 5.95 Å². The Morgan fingerprint density at radius 1 is 1.27 bits per heavy atom. The Labute approximate surface area is 169 Å². The highest BCUT2D eigenvalue weighted by Crippen LogP contribution is 2.40. The van der Waals surface area contributed by atoms with Gasteiger partial charge in [0.1, 0.15) is 11.6 Å². The highest BCUT2D eigenvalue weighted by molar-refractivity contribution is 5.87. The van der Waals surface area contributed by atoms with Crippen molar-refractivity contribution in [3.05, 3.63) is 64.0 Å². The molecule has 0 aliphatic heterocycles. The molecule has 1 aromatic carbocycles. The number of H-pyrrole nitrogens is 1. The highest BCUT2D eigenvalue weighted by atomic mass is 16.5. The summed E-state index contributed by atoms with van der Waals surface area (Å²) in [5, 5.41) is 13.1. The first-order chi connectivity index (χ1) is 14.5. The smallest absolute Gasteiger partial charge is 0.338 e. The van der Waals surface area contributed by atoms with Gasteiger partial charge in [-0.15, -0.1) is 0 Å². The quantitative estimate of drug-likeness (QED) is 0.501. The summed E-state index contributed by atoms with van der Waals surface area (Å²) in [4.78, 5) is 35.8. The number of aromatic nitrogens is 6. The second-order valence-electron chi connectivity index (χ2n) is 7.22. The number of carbonyl (C=O) groups is 1. The fraction of sp³-hybridized carbons (Fsp3) is 0.250. The van der Waals surface area contributed by atoms with E-state index in [1.54, 1.807) is 7.11 Å². The maximum Gasteiger partial charge on any atom is 0.338 e. The van der Waals surface area contributed by atoms with Gasteiger partial charge in [0.25, 0.3) is 5.56 Å². The van der Waals surface area contributed by atoms with Crippen molar-refractivity contribution in [1.82, 2.24) is 29.3 Å². The summed E-state index contributed by atoms with van der Waals surface area (Å²) in [5.74, 6) is 0.924. The number of hydrogen-bond acceptors (Lipinski definition) is 6. The molecule has 152 valence electrons. The number of methoxy groups -OCH3 is 1. The Morgan fingerprint density at radius 2 is 2.03 bits per heavy atom. The minimum atomic E-state index is -1.11. The number of rotatable bonds is 6. The molecule has 30 heavy (non-hydrogen) atoms. The Bertz CT molecular complexity index is 1310. The van der Waals surface area contributed by atoms with Crippen molar-refractivity contribution < 1.29 is 14.6 Å². The second-order valence-corrected chi connectivity index (χ2v) is 7.22. The van der Waals surface area contributed by atoms with Crippen LogP contribution in [-0.4, -0.2) is 47.5 Å². The molecule has 1 fully saturated rings. The lowest BCUT2D eigenvalue weighted by Gasteiger charge is -2.09. The molecule has 0 unspecified atom stereocenters. The van der Waals surface area contributed by atoms with E-state index < -0.39 is 5.97 Å². The number of benzene rings is 1. The maximum absolute atomic E-state index is 12.9. The molecule has 10 nitrogen and oxygen atoms in total. The fourth-order valence-electron chi connectivity index (χ4n) is 3.43. The van der Waals surface area contributed by atoms with Crippen LogP contribution in [0.5, 0.6) is 5.75 Å². The average molecular weight is 406 g/mol. The Morgan fingerprint density at radius 3 is 2.67 bits per heavy atom. The molecule has 5 rings (SSSR count). The van der Waals surface area contributed by atoms with Gasteiger partial charge in [0.15, 0.2) is 11.2 Å². The van der Waals surface area contributed by atoms with Crippen molar-refractivity contribution in [2.75, 3.05) is 7.11 Å². The third-order valence-electron chi connectivity index (χ3n) is 5.12. The van der Waals surface area contributed by atoms with E-state index >= 15 is 0 Å². The lowest BCUT2D eigenvalue weighted by Crippen LogP contribution is -2.17. The number of aromatic amines is 1. The third-order valence-corrected chi connectivity index (χ3v) is 5.12. The summed E-state index contributed by atoms with van der Waals surface area (Å²) >= 11 is 0. The molecule has 0 atom stereocenters. The number of imidazole rings is 1. The highest BCUT2D eigenvalue weighted by Gasteiger charge is 2.31. The lowest BCUT2D eigenvalue weighted by molar-refractivity contribution is 0.0697. The van der Waals surface area contributed by atoms with Crippen LogP contribution in [0.15, 0.2) is 41.5 Å². The molecule has 0 amide bonds. The number of nitrogens with zero attached hydrogens (tertiary/aromatic N) is 5. The van der Waals surface area contributed by atoms with Gasteiger partial charge < -0.3 is 14.4 Å². The van der Waals surface area contributed by atoms with Crippen molar-refractivity contribution in [2.24, 2.45) is 0 Å². The first-order valence-corrected chi connectivity index (χ1v) is 9.45. The SMILES string of the molecule is COc1ccc(Cn2c(C3CC3)nc3nc(-n4cc(C(=O)O)cn4)[nH]c(=O)c32)cc1. The molecule has 10 heteroatoms. The van der Waals surface area contributed by atoms with Crippen LogP contribution in [0.4, 0.5) is 0 Å². The molecule has 1 saturated carbocycles. The monoisotopic (exact) mass is 406 g/mol. The number of aromatic carboxylic acids is 1. The molecule has 1 aliphatic rings. The van der Waals surface area contributed by atoms with E-state index in [1.807, 2.05) is 28.8 Å². The van der Waals surface area contributed by atoms with Crippen LogP contribution in [0, 0.1) is 0 Å². The van der Waals surface area contributed by atoms with Crippen molar-refractivity contribution in [1.29, 1.82) is 0 Å². The van der Waals surface area contributed by atoms with Gasteiger partial charge in [-0.2, -0.15) is 10.1 Å². The van der Waals surface area contributed by atoms with Crippen LogP contribution >= 0.6 is 0 Å². The van der Waals surface area contributed by atoms with Crippen LogP contribution in [-0.2, 0) is 6.54 Å². The minimum Gasteiger partial charge on any atom is -0.497 e. The molecule has 0 radical (unpaired) electrons. The van der Waals surface area contributed by atoms with E-state index in [0.29, 0.717) is 23.6 Å². The summed E-state index contributed by atoms with van der Waals surface area (Å²) in [6.07, 6.45) is 4.54. The molecule has 3 aromatic heterocycles. The van der Waals surface area contributed by atoms with Gasteiger partial charge in [-0.3, -0.25) is 9.78 Å². The van der Waals surface area contributed by atoms with Gasteiger partial charge in [-0.1, -0.05) is 12.1 Å². The number of ether oxygens (including phenoxy) is 1. The molecule has 4 aromatic rings. The number of nitrogens with one attached hydrogen (secondary N) is 1. The van der Waals surface area contributed by atoms with E-state index in [-0.39, 0.29) is 17.1 Å². The first kappa shape index (κ1) is 18.1. The summed E-state index contributed by atoms with van der Waals surface area (Å²) < 4.78 is 8.35. The van der Waals surface area contributed by atoms with Crippen LogP contribution in [0.2, 0.25) is 0 Å². The van der Waals surface area contributed by atoms with Crippen molar-refractivity contribution in [3.8, 4) is 11.7 Å². The Kier molecular flexibility index (Phi) is 4.12. The molecule has 0 spiro atoms.